The smallest absolute Gasteiger partial charge is 0.254 e. The second kappa shape index (κ2) is 7.17. The van der Waals surface area contributed by atoms with Crippen molar-refractivity contribution in [2.75, 3.05) is 38.3 Å². The van der Waals surface area contributed by atoms with Crippen LogP contribution in [0.1, 0.15) is 5.82 Å². The van der Waals surface area contributed by atoms with E-state index in [-0.39, 0.29) is 0 Å². The minimum absolute atomic E-state index is 0.450. The van der Waals surface area contributed by atoms with Crippen LogP contribution >= 0.6 is 0 Å². The average molecular weight is 391 g/mol. The Morgan fingerprint density at radius 2 is 1.86 bits per heavy atom. The number of methoxy groups -OCH3 is 1. The van der Waals surface area contributed by atoms with Crippen LogP contribution in [0.4, 0.5) is 5.82 Å². The molecule has 0 amide bonds. The molecule has 0 bridgehead atoms. The Kier molecular flexibility index (Phi) is 4.36. The van der Waals surface area contributed by atoms with Gasteiger partial charge in [-0.2, -0.15) is 9.97 Å². The fraction of sp³-hybridized carbons (Fsp3) is 0.300. The first-order valence-corrected chi connectivity index (χ1v) is 9.49. The van der Waals surface area contributed by atoms with Crippen molar-refractivity contribution in [1.82, 2.24) is 29.7 Å². The van der Waals surface area contributed by atoms with Crippen LogP contribution in [0.5, 0.6) is 5.88 Å². The van der Waals surface area contributed by atoms with E-state index in [2.05, 4.69) is 25.0 Å². The molecule has 1 N–H and O–H groups in total. The van der Waals surface area contributed by atoms with Crippen molar-refractivity contribution in [3.8, 4) is 23.0 Å². The molecule has 9 nitrogen and oxygen atoms in total. The highest BCUT2D eigenvalue weighted by Crippen LogP contribution is 2.30. The minimum atomic E-state index is 0.450. The van der Waals surface area contributed by atoms with E-state index in [4.69, 9.17) is 14.5 Å². The Morgan fingerprint density at radius 3 is 2.62 bits per heavy atom. The van der Waals surface area contributed by atoms with E-state index in [0.29, 0.717) is 30.7 Å². The molecule has 9 heteroatoms. The lowest BCUT2D eigenvalue weighted by atomic mass is 10.1. The van der Waals surface area contributed by atoms with Crippen molar-refractivity contribution in [2.24, 2.45) is 0 Å². The molecule has 1 saturated heterocycles. The first-order valence-electron chi connectivity index (χ1n) is 9.49. The van der Waals surface area contributed by atoms with Gasteiger partial charge < -0.3 is 19.4 Å². The fourth-order valence-corrected chi connectivity index (χ4v) is 3.52. The molecule has 0 unspecified atom stereocenters. The molecule has 0 aliphatic carbocycles. The van der Waals surface area contributed by atoms with E-state index in [1.165, 1.54) is 0 Å². The Balaban J connectivity index is 1.64. The number of ether oxygens (including phenoxy) is 2. The third-order valence-electron chi connectivity index (χ3n) is 4.91. The van der Waals surface area contributed by atoms with Crippen LogP contribution in [0.25, 0.3) is 28.2 Å². The van der Waals surface area contributed by atoms with Crippen LogP contribution in [-0.4, -0.2) is 63.1 Å². The molecule has 5 rings (SSSR count). The van der Waals surface area contributed by atoms with Crippen LogP contribution < -0.4 is 9.64 Å². The number of nitrogens with one attached hydrogen (secondary N) is 1. The third-order valence-corrected chi connectivity index (χ3v) is 4.91. The van der Waals surface area contributed by atoms with Gasteiger partial charge in [0.1, 0.15) is 11.3 Å². The second-order valence-electron chi connectivity index (χ2n) is 6.83. The highest BCUT2D eigenvalue weighted by atomic mass is 16.5. The molecule has 29 heavy (non-hydrogen) atoms. The van der Waals surface area contributed by atoms with Crippen LogP contribution in [0.2, 0.25) is 0 Å². The van der Waals surface area contributed by atoms with E-state index in [1.54, 1.807) is 11.8 Å². The molecular weight excluding hydrogens is 370 g/mol. The summed E-state index contributed by atoms with van der Waals surface area (Å²) in [5.41, 5.74) is 3.34. The minimum Gasteiger partial charge on any atom is -0.479 e. The number of fused-ring (bicyclic) bond motifs is 1. The summed E-state index contributed by atoms with van der Waals surface area (Å²) < 4.78 is 12.6. The quantitative estimate of drug-likeness (QED) is 0.571. The third kappa shape index (κ3) is 3.19. The monoisotopic (exact) mass is 391 g/mol. The number of H-pyrrole nitrogens is 1. The van der Waals surface area contributed by atoms with Crippen LogP contribution in [-0.2, 0) is 4.74 Å². The molecule has 1 aromatic carbocycles. The molecule has 0 radical (unpaired) electrons. The van der Waals surface area contributed by atoms with Gasteiger partial charge in [0.05, 0.1) is 25.9 Å². The van der Waals surface area contributed by atoms with Gasteiger partial charge in [-0.05, 0) is 12.5 Å². The topological polar surface area (TPSA) is 94.0 Å². The number of anilines is 1. The van der Waals surface area contributed by atoms with Gasteiger partial charge in [-0.1, -0.05) is 30.3 Å². The number of hydrogen-bond donors (Lipinski definition) is 1. The fourth-order valence-electron chi connectivity index (χ4n) is 3.52. The molecule has 3 aromatic heterocycles. The first kappa shape index (κ1) is 17.6. The van der Waals surface area contributed by atoms with Gasteiger partial charge in [-0.15, -0.1) is 5.10 Å². The SMILES string of the molecule is COc1nn(-c2nc(N3CCOCC3)c3[nH]c(C)nc3n2)cc1-c1ccccc1. The molecule has 148 valence electrons. The summed E-state index contributed by atoms with van der Waals surface area (Å²) in [7, 11) is 1.61. The number of aryl methyl sites for hydroxylation is 1. The molecule has 0 saturated carbocycles. The molecule has 1 aliphatic rings. The first-order chi connectivity index (χ1) is 14.2. The molecule has 1 aliphatic heterocycles. The maximum Gasteiger partial charge on any atom is 0.254 e. The summed E-state index contributed by atoms with van der Waals surface area (Å²) in [4.78, 5) is 19.5. The van der Waals surface area contributed by atoms with Crippen molar-refractivity contribution >= 4 is 17.0 Å². The van der Waals surface area contributed by atoms with Crippen LogP contribution in [0.3, 0.4) is 0 Å². The highest BCUT2D eigenvalue weighted by Gasteiger charge is 2.21. The van der Waals surface area contributed by atoms with E-state index in [0.717, 1.165) is 41.4 Å². The summed E-state index contributed by atoms with van der Waals surface area (Å²) in [6.45, 7) is 4.78. The van der Waals surface area contributed by atoms with E-state index >= 15 is 0 Å². The normalized spacial score (nSPS) is 14.5. The number of morpholine rings is 1. The summed E-state index contributed by atoms with van der Waals surface area (Å²) in [5, 5.41) is 4.56. The number of rotatable bonds is 4. The van der Waals surface area contributed by atoms with Crippen molar-refractivity contribution in [3.05, 3.63) is 42.4 Å². The average Bonchev–Trinajstić information content (AvgIpc) is 3.37. The Bertz CT molecular complexity index is 1150. The molecular formula is C20H21N7O2. The Labute approximate surface area is 167 Å². The lowest BCUT2D eigenvalue weighted by molar-refractivity contribution is 0.122. The van der Waals surface area contributed by atoms with Gasteiger partial charge in [0.15, 0.2) is 11.5 Å². The summed E-state index contributed by atoms with van der Waals surface area (Å²) in [5.74, 6) is 2.57. The van der Waals surface area contributed by atoms with Gasteiger partial charge in [0.2, 0.25) is 5.88 Å². The van der Waals surface area contributed by atoms with Gasteiger partial charge >= 0.3 is 0 Å². The molecule has 4 aromatic rings. The van der Waals surface area contributed by atoms with Gasteiger partial charge in [0.25, 0.3) is 5.95 Å². The summed E-state index contributed by atoms with van der Waals surface area (Å²) in [6.07, 6.45) is 1.89. The van der Waals surface area contributed by atoms with Crippen LogP contribution in [0, 0.1) is 6.92 Å². The summed E-state index contributed by atoms with van der Waals surface area (Å²) in [6, 6.07) is 9.98. The Hall–Kier alpha value is -3.46. The predicted octanol–water partition coefficient (Wildman–Crippen LogP) is 2.36. The van der Waals surface area contributed by atoms with Gasteiger partial charge in [-0.3, -0.25) is 0 Å². The van der Waals surface area contributed by atoms with Gasteiger partial charge in [-0.25, -0.2) is 9.67 Å². The van der Waals surface area contributed by atoms with Crippen molar-refractivity contribution < 1.29 is 9.47 Å². The number of hydrogen-bond acceptors (Lipinski definition) is 7. The zero-order valence-electron chi connectivity index (χ0n) is 16.3. The van der Waals surface area contributed by atoms with Crippen molar-refractivity contribution in [3.63, 3.8) is 0 Å². The van der Waals surface area contributed by atoms with Crippen molar-refractivity contribution in [2.45, 2.75) is 6.92 Å². The molecule has 1 fully saturated rings. The lowest BCUT2D eigenvalue weighted by Crippen LogP contribution is -2.37. The highest BCUT2D eigenvalue weighted by molar-refractivity contribution is 5.84. The second-order valence-corrected chi connectivity index (χ2v) is 6.83. The van der Waals surface area contributed by atoms with E-state index < -0.39 is 0 Å². The molecule has 4 heterocycles. The zero-order chi connectivity index (χ0) is 19.8. The van der Waals surface area contributed by atoms with Crippen LogP contribution in [0.15, 0.2) is 36.5 Å². The Morgan fingerprint density at radius 1 is 1.07 bits per heavy atom. The van der Waals surface area contributed by atoms with Gasteiger partial charge in [0, 0.05) is 19.3 Å². The molecule has 0 atom stereocenters. The number of imidazole rings is 1. The number of benzene rings is 1. The maximum atomic E-state index is 5.50. The lowest BCUT2D eigenvalue weighted by Gasteiger charge is -2.28. The predicted molar refractivity (Wildman–Crippen MR) is 109 cm³/mol. The van der Waals surface area contributed by atoms with Crippen molar-refractivity contribution in [1.29, 1.82) is 0 Å². The largest absolute Gasteiger partial charge is 0.479 e. The number of aromatic nitrogens is 6. The molecule has 0 spiro atoms. The summed E-state index contributed by atoms with van der Waals surface area (Å²) >= 11 is 0. The van der Waals surface area contributed by atoms with E-state index in [1.807, 2.05) is 43.5 Å². The van der Waals surface area contributed by atoms with E-state index in [9.17, 15) is 0 Å². The number of nitrogens with zero attached hydrogens (tertiary/aromatic N) is 6. The zero-order valence-corrected chi connectivity index (χ0v) is 16.3. The standard InChI is InChI=1S/C20H21N7O2/c1-13-21-16-17(22-13)23-20(24-18(16)26-8-10-29-11-9-26)27-12-15(19(25-27)28-2)14-6-4-3-5-7-14/h3-7,12H,8-11H2,1-2H3,(H,21,22,23,24). The maximum absolute atomic E-state index is 5.50. The number of aromatic amines is 1.